The summed E-state index contributed by atoms with van der Waals surface area (Å²) < 4.78 is 9.79. The molecule has 0 N–H and O–H groups in total. The lowest BCUT2D eigenvalue weighted by atomic mass is 10.0. The molecule has 0 aromatic rings. The molecule has 0 saturated heterocycles. The van der Waals surface area contributed by atoms with E-state index in [0.717, 1.165) is 23.5 Å². The third-order valence-electron chi connectivity index (χ3n) is 2.45. The van der Waals surface area contributed by atoms with Gasteiger partial charge in [0.15, 0.2) is 16.1 Å². The summed E-state index contributed by atoms with van der Waals surface area (Å²) in [4.78, 5) is 46.2. The molecule has 0 aliphatic carbocycles. The van der Waals surface area contributed by atoms with Gasteiger partial charge in [-0.1, -0.05) is 23.5 Å². The van der Waals surface area contributed by atoms with Gasteiger partial charge in [0.2, 0.25) is 0 Å². The minimum Gasteiger partial charge on any atom is -0.465 e. The van der Waals surface area contributed by atoms with E-state index >= 15 is 0 Å². The van der Waals surface area contributed by atoms with Crippen LogP contribution in [0.4, 0.5) is 0 Å². The van der Waals surface area contributed by atoms with Crippen molar-refractivity contribution in [3.8, 4) is 0 Å². The zero-order valence-corrected chi connectivity index (χ0v) is 14.9. The molecule has 22 heavy (non-hydrogen) atoms. The molecule has 0 aromatic carbocycles. The number of rotatable bonds is 9. The number of thioether (sulfide) groups is 2. The van der Waals surface area contributed by atoms with Gasteiger partial charge < -0.3 is 9.47 Å². The fraction of sp³-hybridized carbons (Fsp3) is 0.714. The van der Waals surface area contributed by atoms with Crippen molar-refractivity contribution in [3.05, 3.63) is 0 Å². The zero-order chi connectivity index (χ0) is 17.1. The number of carbonyl (C=O) groups excluding carboxylic acids is 4. The van der Waals surface area contributed by atoms with Crippen molar-refractivity contribution in [2.24, 2.45) is 5.92 Å². The molecular weight excluding hydrogens is 328 g/mol. The highest BCUT2D eigenvalue weighted by atomic mass is 32.2. The summed E-state index contributed by atoms with van der Waals surface area (Å²) in [6, 6.07) is 0. The van der Waals surface area contributed by atoms with Crippen LogP contribution >= 0.6 is 23.5 Å². The number of esters is 2. The molecule has 0 amide bonds. The van der Waals surface area contributed by atoms with Gasteiger partial charge >= 0.3 is 11.9 Å². The van der Waals surface area contributed by atoms with E-state index < -0.39 is 17.9 Å². The summed E-state index contributed by atoms with van der Waals surface area (Å²) in [7, 11) is 0. The van der Waals surface area contributed by atoms with Crippen LogP contribution in [0.5, 0.6) is 0 Å². The third kappa shape index (κ3) is 9.09. The molecule has 0 aliphatic heterocycles. The summed E-state index contributed by atoms with van der Waals surface area (Å²) in [5.74, 6) is -2.07. The first-order valence-electron chi connectivity index (χ1n) is 6.95. The summed E-state index contributed by atoms with van der Waals surface area (Å²) in [5.41, 5.74) is 0. The maximum Gasteiger partial charge on any atom is 0.320 e. The minimum absolute atomic E-state index is 0.0852. The molecule has 0 radical (unpaired) electrons. The highest BCUT2D eigenvalue weighted by Crippen LogP contribution is 2.26. The summed E-state index contributed by atoms with van der Waals surface area (Å²) in [5, 5.41) is -0.566. The monoisotopic (exact) mass is 350 g/mol. The molecule has 0 saturated carbocycles. The molecule has 126 valence electrons. The maximum atomic E-state index is 11.9. The second kappa shape index (κ2) is 11.5. The van der Waals surface area contributed by atoms with Crippen LogP contribution < -0.4 is 0 Å². The second-order valence-electron chi connectivity index (χ2n) is 4.33. The van der Waals surface area contributed by atoms with Crippen LogP contribution in [-0.2, 0) is 28.7 Å². The van der Waals surface area contributed by atoms with Crippen LogP contribution in [0.2, 0.25) is 0 Å². The summed E-state index contributed by atoms with van der Waals surface area (Å²) in [6.07, 6.45) is 0.0994. The normalized spacial score (nSPS) is 11.9. The lowest BCUT2D eigenvalue weighted by molar-refractivity contribution is -0.161. The Balaban J connectivity index is 4.98. The third-order valence-corrected chi connectivity index (χ3v) is 4.66. The highest BCUT2D eigenvalue weighted by Gasteiger charge is 2.33. The van der Waals surface area contributed by atoms with Gasteiger partial charge in [0, 0.05) is 24.9 Å². The quantitative estimate of drug-likeness (QED) is 0.461. The molecule has 0 aliphatic rings. The molecule has 0 fully saturated rings. The van der Waals surface area contributed by atoms with Crippen LogP contribution in [0.15, 0.2) is 0 Å². The first-order valence-corrected chi connectivity index (χ1v) is 8.82. The average Bonchev–Trinajstić information content (AvgIpc) is 2.41. The molecule has 0 aromatic heterocycles. The molecule has 0 rings (SSSR count). The lowest BCUT2D eigenvalue weighted by Crippen LogP contribution is -2.31. The van der Waals surface area contributed by atoms with E-state index in [-0.39, 0.29) is 35.1 Å². The Morgan fingerprint density at radius 2 is 1.41 bits per heavy atom. The van der Waals surface area contributed by atoms with E-state index in [1.165, 1.54) is 13.8 Å². The predicted molar refractivity (Wildman–Crippen MR) is 86.6 cm³/mol. The Hall–Kier alpha value is -1.02. The van der Waals surface area contributed by atoms with Crippen LogP contribution in [0.25, 0.3) is 0 Å². The average molecular weight is 350 g/mol. The number of hydrogen-bond donors (Lipinski definition) is 0. The molecule has 0 bridgehead atoms. The van der Waals surface area contributed by atoms with E-state index in [2.05, 4.69) is 0 Å². The molecule has 0 heterocycles. The van der Waals surface area contributed by atoms with Gasteiger partial charge in [0.05, 0.1) is 13.2 Å². The van der Waals surface area contributed by atoms with Gasteiger partial charge in [0.1, 0.15) is 0 Å². The van der Waals surface area contributed by atoms with E-state index in [1.54, 1.807) is 13.8 Å². The van der Waals surface area contributed by atoms with E-state index in [0.29, 0.717) is 5.75 Å². The lowest BCUT2D eigenvalue weighted by Gasteiger charge is -2.19. The molecule has 0 spiro atoms. The Morgan fingerprint density at radius 3 is 1.77 bits per heavy atom. The number of carbonyl (C=O) groups is 4. The smallest absolute Gasteiger partial charge is 0.320 e. The molecule has 8 heteroatoms. The van der Waals surface area contributed by atoms with Crippen LogP contribution in [0, 0.1) is 5.92 Å². The minimum atomic E-state index is -1.08. The van der Waals surface area contributed by atoms with Crippen molar-refractivity contribution in [1.82, 2.24) is 0 Å². The van der Waals surface area contributed by atoms with Gasteiger partial charge in [-0.25, -0.2) is 0 Å². The van der Waals surface area contributed by atoms with Crippen LogP contribution in [-0.4, -0.2) is 46.4 Å². The molecule has 6 nitrogen and oxygen atoms in total. The van der Waals surface area contributed by atoms with Crippen molar-refractivity contribution in [3.63, 3.8) is 0 Å². The predicted octanol–water partition coefficient (Wildman–Crippen LogP) is 2.05. The fourth-order valence-corrected chi connectivity index (χ4v) is 3.42. The maximum absolute atomic E-state index is 11.9. The largest absolute Gasteiger partial charge is 0.465 e. The van der Waals surface area contributed by atoms with E-state index in [1.807, 2.05) is 0 Å². The van der Waals surface area contributed by atoms with E-state index in [4.69, 9.17) is 9.47 Å². The van der Waals surface area contributed by atoms with Crippen molar-refractivity contribution < 1.29 is 28.7 Å². The van der Waals surface area contributed by atoms with Gasteiger partial charge in [-0.2, -0.15) is 0 Å². The van der Waals surface area contributed by atoms with Crippen molar-refractivity contribution in [2.45, 2.75) is 39.4 Å². The van der Waals surface area contributed by atoms with Crippen molar-refractivity contribution in [1.29, 1.82) is 0 Å². The Morgan fingerprint density at radius 1 is 0.909 bits per heavy atom. The first-order chi connectivity index (χ1) is 10.3. The van der Waals surface area contributed by atoms with Gasteiger partial charge in [-0.3, -0.25) is 19.2 Å². The number of hydrogen-bond acceptors (Lipinski definition) is 8. The second-order valence-corrected chi connectivity index (χ2v) is 7.00. The Bertz CT molecular complexity index is 392. The van der Waals surface area contributed by atoms with Crippen LogP contribution in [0.3, 0.4) is 0 Å². The highest BCUT2D eigenvalue weighted by molar-refractivity contribution is 8.17. The zero-order valence-electron chi connectivity index (χ0n) is 13.2. The molecule has 1 atom stereocenters. The SMILES string of the molecule is CCOC(=O)C(CC(CSC(C)=O)SC(C)=O)C(=O)OCC. The van der Waals surface area contributed by atoms with E-state index in [9.17, 15) is 19.2 Å². The number of ether oxygens (including phenoxy) is 2. The Labute approximate surface area is 139 Å². The van der Waals surface area contributed by atoms with Crippen LogP contribution in [0.1, 0.15) is 34.1 Å². The first kappa shape index (κ1) is 21.0. The molecule has 1 unspecified atom stereocenters. The summed E-state index contributed by atoms with van der Waals surface area (Å²) >= 11 is 2.07. The van der Waals surface area contributed by atoms with Crippen molar-refractivity contribution >= 4 is 45.7 Å². The van der Waals surface area contributed by atoms with Gasteiger partial charge in [-0.15, -0.1) is 0 Å². The standard InChI is InChI=1S/C14H22O6S2/c1-5-19-13(17)12(14(18)20-6-2)7-11(22-10(4)16)8-21-9(3)15/h11-12H,5-8H2,1-4H3. The summed E-state index contributed by atoms with van der Waals surface area (Å²) in [6.45, 7) is 6.43. The topological polar surface area (TPSA) is 86.7 Å². The van der Waals surface area contributed by atoms with Crippen molar-refractivity contribution in [2.75, 3.05) is 19.0 Å². The fourth-order valence-electron chi connectivity index (χ4n) is 1.63. The van der Waals surface area contributed by atoms with Gasteiger partial charge in [-0.05, 0) is 20.3 Å². The van der Waals surface area contributed by atoms with Gasteiger partial charge in [0.25, 0.3) is 0 Å². The molecular formula is C14H22O6S2. The Kier molecular flexibility index (Phi) is 11.0.